The fraction of sp³-hybridized carbons (Fsp3) is 0.214. The molecule has 0 unspecified atom stereocenters. The molecule has 0 radical (unpaired) electrons. The molecule has 4 heteroatoms. The van der Waals surface area contributed by atoms with Crippen molar-refractivity contribution in [2.45, 2.75) is 20.0 Å². The molecule has 0 fully saturated rings. The van der Waals surface area contributed by atoms with Crippen LogP contribution in [0, 0.1) is 6.92 Å². The Balaban J connectivity index is 1.97. The Hall–Kier alpha value is -1.09. The molecular weight excluding hydrogens is 267 g/mol. The molecule has 0 saturated carbocycles. The predicted octanol–water partition coefficient (Wildman–Crippen LogP) is 3.99. The number of halogens is 2. The third kappa shape index (κ3) is 3.22. The van der Waals surface area contributed by atoms with Gasteiger partial charge in [-0.25, -0.2) is 0 Å². The highest BCUT2D eigenvalue weighted by Gasteiger charge is 2.04. The molecule has 0 amide bonds. The second-order valence-corrected chi connectivity index (χ2v) is 4.87. The summed E-state index contributed by atoms with van der Waals surface area (Å²) in [6.45, 7) is 3.45. The van der Waals surface area contributed by atoms with Crippen LogP contribution in [0.5, 0.6) is 0 Å². The molecule has 18 heavy (non-hydrogen) atoms. The predicted molar refractivity (Wildman–Crippen MR) is 76.0 cm³/mol. The molecule has 2 rings (SSSR count). The highest BCUT2D eigenvalue weighted by atomic mass is 35.5. The first kappa shape index (κ1) is 13.3. The second kappa shape index (κ2) is 6.19. The maximum absolute atomic E-state index is 6.12. The fourth-order valence-corrected chi connectivity index (χ4v) is 2.09. The fourth-order valence-electron chi connectivity index (χ4n) is 1.70. The molecule has 1 aromatic heterocycles. The van der Waals surface area contributed by atoms with E-state index in [1.54, 1.807) is 12.3 Å². The molecule has 0 spiro atoms. The van der Waals surface area contributed by atoms with Crippen LogP contribution in [-0.2, 0) is 13.1 Å². The van der Waals surface area contributed by atoms with Gasteiger partial charge in [-0.15, -0.1) is 0 Å². The van der Waals surface area contributed by atoms with Gasteiger partial charge in [-0.2, -0.15) is 0 Å². The Bertz CT molecular complexity index is 541. The van der Waals surface area contributed by atoms with Gasteiger partial charge in [-0.05, 0) is 30.2 Å². The molecule has 2 aromatic rings. The lowest BCUT2D eigenvalue weighted by Gasteiger charge is -2.08. The molecule has 0 atom stereocenters. The number of rotatable bonds is 4. The topological polar surface area (TPSA) is 24.9 Å². The van der Waals surface area contributed by atoms with Crippen LogP contribution in [0.15, 0.2) is 36.5 Å². The first-order valence-corrected chi connectivity index (χ1v) is 6.48. The van der Waals surface area contributed by atoms with Gasteiger partial charge in [-0.3, -0.25) is 4.98 Å². The minimum Gasteiger partial charge on any atom is -0.307 e. The second-order valence-electron chi connectivity index (χ2n) is 4.08. The van der Waals surface area contributed by atoms with E-state index in [9.17, 15) is 0 Å². The maximum Gasteiger partial charge on any atom is 0.0637 e. The van der Waals surface area contributed by atoms with E-state index in [-0.39, 0.29) is 0 Å². The molecule has 0 aliphatic rings. The van der Waals surface area contributed by atoms with Crippen molar-refractivity contribution in [3.05, 3.63) is 63.4 Å². The third-order valence-electron chi connectivity index (χ3n) is 2.76. The summed E-state index contributed by atoms with van der Waals surface area (Å²) in [6.07, 6.45) is 1.80. The van der Waals surface area contributed by atoms with Crippen molar-refractivity contribution in [3.8, 4) is 0 Å². The van der Waals surface area contributed by atoms with E-state index >= 15 is 0 Å². The molecule has 2 nitrogen and oxygen atoms in total. The molecule has 0 saturated heterocycles. The number of aryl methyl sites for hydroxylation is 1. The molecule has 1 aromatic carbocycles. The van der Waals surface area contributed by atoms with E-state index in [4.69, 9.17) is 23.2 Å². The van der Waals surface area contributed by atoms with Gasteiger partial charge in [0.15, 0.2) is 0 Å². The van der Waals surface area contributed by atoms with Crippen LogP contribution >= 0.6 is 23.2 Å². The molecule has 0 aliphatic heterocycles. The van der Waals surface area contributed by atoms with Gasteiger partial charge in [0.2, 0.25) is 0 Å². The zero-order chi connectivity index (χ0) is 13.0. The normalized spacial score (nSPS) is 10.6. The molecule has 94 valence electrons. The van der Waals surface area contributed by atoms with Crippen molar-refractivity contribution < 1.29 is 0 Å². The monoisotopic (exact) mass is 280 g/mol. The van der Waals surface area contributed by atoms with E-state index in [0.29, 0.717) is 16.6 Å². The third-order valence-corrected chi connectivity index (χ3v) is 3.62. The maximum atomic E-state index is 6.12. The van der Waals surface area contributed by atoms with Gasteiger partial charge in [0.1, 0.15) is 0 Å². The van der Waals surface area contributed by atoms with Crippen LogP contribution in [-0.4, -0.2) is 4.98 Å². The average Bonchev–Trinajstić information content (AvgIpc) is 2.37. The first-order chi connectivity index (χ1) is 8.68. The van der Waals surface area contributed by atoms with E-state index in [1.165, 1.54) is 5.56 Å². The van der Waals surface area contributed by atoms with E-state index in [2.05, 4.69) is 23.3 Å². The van der Waals surface area contributed by atoms with Gasteiger partial charge in [0.25, 0.3) is 0 Å². The summed E-state index contributed by atoms with van der Waals surface area (Å²) < 4.78 is 0. The van der Waals surface area contributed by atoms with Gasteiger partial charge in [-0.1, -0.05) is 41.4 Å². The quantitative estimate of drug-likeness (QED) is 0.916. The van der Waals surface area contributed by atoms with Crippen molar-refractivity contribution in [2.24, 2.45) is 0 Å². The number of aromatic nitrogens is 1. The Kier molecular flexibility index (Phi) is 4.59. The number of benzene rings is 1. The van der Waals surface area contributed by atoms with E-state index < -0.39 is 0 Å². The highest BCUT2D eigenvalue weighted by Crippen LogP contribution is 2.25. The van der Waals surface area contributed by atoms with E-state index in [0.717, 1.165) is 17.8 Å². The van der Waals surface area contributed by atoms with Crippen molar-refractivity contribution in [1.29, 1.82) is 0 Å². The lowest BCUT2D eigenvalue weighted by molar-refractivity contribution is 0.676. The number of nitrogens with one attached hydrogen (secondary N) is 1. The van der Waals surface area contributed by atoms with Crippen molar-refractivity contribution in [1.82, 2.24) is 10.3 Å². The van der Waals surface area contributed by atoms with Gasteiger partial charge >= 0.3 is 0 Å². The highest BCUT2D eigenvalue weighted by molar-refractivity contribution is 6.42. The molecule has 0 aliphatic carbocycles. The van der Waals surface area contributed by atoms with Crippen LogP contribution in [0.2, 0.25) is 10.0 Å². The Morgan fingerprint density at radius 2 is 1.94 bits per heavy atom. The zero-order valence-electron chi connectivity index (χ0n) is 10.1. The number of nitrogens with zero attached hydrogens (tertiary/aromatic N) is 1. The standard InChI is InChI=1S/C14H14Cl2N2/c1-10-4-3-7-18-13(10)9-17-8-11-5-2-6-12(15)14(11)16/h2-7,17H,8-9H2,1H3. The minimum atomic E-state index is 0.588. The minimum absolute atomic E-state index is 0.588. The summed E-state index contributed by atoms with van der Waals surface area (Å²) in [7, 11) is 0. The van der Waals surface area contributed by atoms with Crippen LogP contribution < -0.4 is 5.32 Å². The summed E-state index contributed by atoms with van der Waals surface area (Å²) in [5.74, 6) is 0. The Labute approximate surface area is 117 Å². The lowest BCUT2D eigenvalue weighted by atomic mass is 10.2. The summed E-state index contributed by atoms with van der Waals surface area (Å²) in [4.78, 5) is 4.33. The summed E-state index contributed by atoms with van der Waals surface area (Å²) in [5, 5.41) is 4.52. The summed E-state index contributed by atoms with van der Waals surface area (Å²) in [6, 6.07) is 9.64. The summed E-state index contributed by atoms with van der Waals surface area (Å²) >= 11 is 12.1. The zero-order valence-corrected chi connectivity index (χ0v) is 11.6. The average molecular weight is 281 g/mol. The van der Waals surface area contributed by atoms with Crippen molar-refractivity contribution >= 4 is 23.2 Å². The van der Waals surface area contributed by atoms with E-state index in [1.807, 2.05) is 18.2 Å². The summed E-state index contributed by atoms with van der Waals surface area (Å²) in [5.41, 5.74) is 3.23. The SMILES string of the molecule is Cc1cccnc1CNCc1cccc(Cl)c1Cl. The van der Waals surface area contributed by atoms with Crippen molar-refractivity contribution in [2.75, 3.05) is 0 Å². The molecule has 0 bridgehead atoms. The smallest absolute Gasteiger partial charge is 0.0637 e. The van der Waals surface area contributed by atoms with Crippen LogP contribution in [0.3, 0.4) is 0 Å². The molecule has 1 heterocycles. The largest absolute Gasteiger partial charge is 0.307 e. The lowest BCUT2D eigenvalue weighted by Crippen LogP contribution is -2.14. The Morgan fingerprint density at radius 1 is 1.11 bits per heavy atom. The van der Waals surface area contributed by atoms with Gasteiger partial charge in [0, 0.05) is 19.3 Å². The van der Waals surface area contributed by atoms with Crippen molar-refractivity contribution in [3.63, 3.8) is 0 Å². The number of hydrogen-bond donors (Lipinski definition) is 1. The number of hydrogen-bond acceptors (Lipinski definition) is 2. The molecule has 1 N–H and O–H groups in total. The van der Waals surface area contributed by atoms with Gasteiger partial charge in [0.05, 0.1) is 15.7 Å². The van der Waals surface area contributed by atoms with Crippen LogP contribution in [0.25, 0.3) is 0 Å². The number of pyridine rings is 1. The van der Waals surface area contributed by atoms with Gasteiger partial charge < -0.3 is 5.32 Å². The van der Waals surface area contributed by atoms with Crippen LogP contribution in [0.1, 0.15) is 16.8 Å². The Morgan fingerprint density at radius 3 is 2.72 bits per heavy atom. The first-order valence-electron chi connectivity index (χ1n) is 5.72. The van der Waals surface area contributed by atoms with Crippen LogP contribution in [0.4, 0.5) is 0 Å². The molecular formula is C14H14Cl2N2.